The minimum atomic E-state index is -0.497. The van der Waals surface area contributed by atoms with Crippen molar-refractivity contribution in [2.45, 2.75) is 32.7 Å². The van der Waals surface area contributed by atoms with Gasteiger partial charge in [-0.3, -0.25) is 0 Å². The number of hydrogen-bond acceptors (Lipinski definition) is 8. The van der Waals surface area contributed by atoms with E-state index < -0.39 is 5.82 Å². The van der Waals surface area contributed by atoms with Gasteiger partial charge in [0.25, 0.3) is 5.95 Å². The first kappa shape index (κ1) is 18.8. The molecule has 1 unspecified atom stereocenters. The van der Waals surface area contributed by atoms with Gasteiger partial charge in [-0.05, 0) is 32.8 Å². The number of ether oxygens (including phenoxy) is 1. The van der Waals surface area contributed by atoms with Crippen molar-refractivity contribution in [3.63, 3.8) is 0 Å². The van der Waals surface area contributed by atoms with Gasteiger partial charge in [-0.1, -0.05) is 0 Å². The van der Waals surface area contributed by atoms with Crippen molar-refractivity contribution in [2.75, 3.05) is 30.5 Å². The smallest absolute Gasteiger partial charge is 0.254 e. The number of anilines is 3. The number of methoxy groups -OCH3 is 1. The van der Waals surface area contributed by atoms with Crippen LogP contribution < -0.4 is 10.2 Å². The molecule has 0 bridgehead atoms. The molecule has 3 aromatic rings. The maximum absolute atomic E-state index is 15.4. The molecule has 4 heterocycles. The van der Waals surface area contributed by atoms with Crippen LogP contribution in [-0.2, 0) is 4.74 Å². The van der Waals surface area contributed by atoms with E-state index in [1.165, 1.54) is 11.3 Å². The van der Waals surface area contributed by atoms with E-state index in [2.05, 4.69) is 25.4 Å². The third-order valence-electron chi connectivity index (χ3n) is 4.69. The Morgan fingerprint density at radius 2 is 2.21 bits per heavy atom. The number of nitrogens with one attached hydrogen (secondary N) is 1. The Hall–Kier alpha value is -2.59. The van der Waals surface area contributed by atoms with Crippen LogP contribution >= 0.6 is 11.3 Å². The largest absolute Gasteiger partial charge is 0.383 e. The molecule has 0 aliphatic carbocycles. The van der Waals surface area contributed by atoms with Crippen LogP contribution in [0.5, 0.6) is 0 Å². The Kier molecular flexibility index (Phi) is 5.23. The summed E-state index contributed by atoms with van der Waals surface area (Å²) in [6.07, 6.45) is 3.55. The lowest BCUT2D eigenvalue weighted by Crippen LogP contribution is -2.34. The molecule has 0 aromatic carbocycles. The monoisotopic (exact) mass is 403 g/mol. The third-order valence-corrected chi connectivity index (χ3v) is 5.38. The quantitative estimate of drug-likeness (QED) is 0.677. The Morgan fingerprint density at radius 1 is 1.36 bits per heavy atom. The van der Waals surface area contributed by atoms with Crippen LogP contribution in [0.15, 0.2) is 17.6 Å². The minimum Gasteiger partial charge on any atom is -0.383 e. The third kappa shape index (κ3) is 3.57. The molecule has 1 N–H and O–H groups in total. The minimum absolute atomic E-state index is 0.0791. The number of nitrogens with zero attached hydrogens (tertiary/aromatic N) is 6. The van der Waals surface area contributed by atoms with Crippen LogP contribution in [-0.4, -0.2) is 51.0 Å². The topological polar surface area (TPSA) is 81.0 Å². The summed E-state index contributed by atoms with van der Waals surface area (Å²) in [5.41, 5.74) is 1.73. The number of hydrogen-bond donors (Lipinski definition) is 1. The van der Waals surface area contributed by atoms with E-state index in [4.69, 9.17) is 4.74 Å². The highest BCUT2D eigenvalue weighted by molar-refractivity contribution is 7.13. The van der Waals surface area contributed by atoms with E-state index in [-0.39, 0.29) is 17.7 Å². The second-order valence-corrected chi connectivity index (χ2v) is 7.65. The van der Waals surface area contributed by atoms with E-state index in [0.29, 0.717) is 17.7 Å². The summed E-state index contributed by atoms with van der Waals surface area (Å²) in [6.45, 7) is 5.06. The maximum Gasteiger partial charge on any atom is 0.254 e. The van der Waals surface area contributed by atoms with Crippen LogP contribution in [0.4, 0.5) is 21.2 Å². The van der Waals surface area contributed by atoms with Crippen molar-refractivity contribution >= 4 is 28.1 Å². The predicted octanol–water partition coefficient (Wildman–Crippen LogP) is 3.23. The van der Waals surface area contributed by atoms with Gasteiger partial charge in [-0.25, -0.2) is 9.67 Å². The zero-order valence-electron chi connectivity index (χ0n) is 16.0. The Labute approximate surface area is 166 Å². The molecule has 1 saturated heterocycles. The van der Waals surface area contributed by atoms with Crippen LogP contribution in [0.1, 0.15) is 24.2 Å². The van der Waals surface area contributed by atoms with Gasteiger partial charge in [0, 0.05) is 30.9 Å². The standard InChI is InChI=1S/C18H22FN7OS/c1-11-9-12(2)26(24-11)17-21-15(22-18-20-6-8-28-18)14(19)16(23-17)25-7-4-5-13(25)10-27-3/h6,8-9,13H,4-5,7,10H2,1-3H3,(H,20,21,22,23). The molecule has 10 heteroatoms. The first-order valence-corrected chi connectivity index (χ1v) is 9.98. The van der Waals surface area contributed by atoms with Crippen LogP contribution in [0.3, 0.4) is 0 Å². The molecule has 3 aromatic heterocycles. The van der Waals surface area contributed by atoms with Gasteiger partial charge in [0.1, 0.15) is 0 Å². The van der Waals surface area contributed by atoms with Crippen LogP contribution in [0.2, 0.25) is 0 Å². The summed E-state index contributed by atoms with van der Waals surface area (Å²) in [6, 6.07) is 2.01. The lowest BCUT2D eigenvalue weighted by Gasteiger charge is -2.26. The van der Waals surface area contributed by atoms with Crippen LogP contribution in [0.25, 0.3) is 5.95 Å². The number of aromatic nitrogens is 5. The fourth-order valence-electron chi connectivity index (χ4n) is 3.49. The van der Waals surface area contributed by atoms with Crippen molar-refractivity contribution in [1.82, 2.24) is 24.7 Å². The molecular weight excluding hydrogens is 381 g/mol. The van der Waals surface area contributed by atoms with Gasteiger partial charge in [0.15, 0.2) is 16.8 Å². The molecule has 0 spiro atoms. The molecular formula is C18H22FN7OS. The average Bonchev–Trinajstić information content (AvgIpc) is 3.39. The molecule has 28 heavy (non-hydrogen) atoms. The van der Waals surface area contributed by atoms with Crippen LogP contribution in [0, 0.1) is 19.7 Å². The predicted molar refractivity (Wildman–Crippen MR) is 106 cm³/mol. The summed E-state index contributed by atoms with van der Waals surface area (Å²) in [5, 5.41) is 9.82. The highest BCUT2D eigenvalue weighted by Gasteiger charge is 2.30. The SMILES string of the molecule is COCC1CCCN1c1nc(-n2nc(C)cc2C)nc(Nc2nccs2)c1F. The fraction of sp³-hybridized carbons (Fsp3) is 0.444. The first-order chi connectivity index (χ1) is 13.6. The van der Waals surface area contributed by atoms with Gasteiger partial charge >= 0.3 is 0 Å². The van der Waals surface area contributed by atoms with E-state index in [1.54, 1.807) is 18.0 Å². The van der Waals surface area contributed by atoms with E-state index in [0.717, 1.165) is 30.8 Å². The molecule has 8 nitrogen and oxygen atoms in total. The maximum atomic E-state index is 15.4. The summed E-state index contributed by atoms with van der Waals surface area (Å²) < 4.78 is 22.4. The Balaban J connectivity index is 1.82. The Morgan fingerprint density at radius 3 is 2.89 bits per heavy atom. The van der Waals surface area contributed by atoms with Crippen molar-refractivity contribution in [3.05, 3.63) is 34.8 Å². The molecule has 0 saturated carbocycles. The molecule has 1 aliphatic heterocycles. The van der Waals surface area contributed by atoms with E-state index in [9.17, 15) is 0 Å². The number of rotatable bonds is 6. The van der Waals surface area contributed by atoms with Crippen molar-refractivity contribution in [2.24, 2.45) is 0 Å². The van der Waals surface area contributed by atoms with E-state index in [1.807, 2.05) is 30.2 Å². The van der Waals surface area contributed by atoms with Crippen molar-refractivity contribution in [1.29, 1.82) is 0 Å². The van der Waals surface area contributed by atoms with Gasteiger partial charge in [0.05, 0.1) is 18.3 Å². The van der Waals surface area contributed by atoms with Crippen molar-refractivity contribution in [3.8, 4) is 5.95 Å². The Bertz CT molecular complexity index is 959. The molecule has 1 atom stereocenters. The number of halogens is 1. The molecule has 0 radical (unpaired) electrons. The lowest BCUT2D eigenvalue weighted by atomic mass is 10.2. The molecule has 0 amide bonds. The highest BCUT2D eigenvalue weighted by atomic mass is 32.1. The molecule has 148 valence electrons. The number of thiazole rings is 1. The number of aryl methyl sites for hydroxylation is 2. The fourth-order valence-corrected chi connectivity index (χ4v) is 4.02. The van der Waals surface area contributed by atoms with Gasteiger partial charge < -0.3 is 15.0 Å². The van der Waals surface area contributed by atoms with Gasteiger partial charge in [0.2, 0.25) is 5.82 Å². The second-order valence-electron chi connectivity index (χ2n) is 6.76. The van der Waals surface area contributed by atoms with E-state index >= 15 is 4.39 Å². The summed E-state index contributed by atoms with van der Waals surface area (Å²) in [5.74, 6) is 0.175. The first-order valence-electron chi connectivity index (χ1n) is 9.10. The van der Waals surface area contributed by atoms with Crippen molar-refractivity contribution < 1.29 is 9.13 Å². The zero-order valence-corrected chi connectivity index (χ0v) is 16.8. The molecule has 1 aliphatic rings. The molecule has 4 rings (SSSR count). The normalized spacial score (nSPS) is 16.7. The lowest BCUT2D eigenvalue weighted by molar-refractivity contribution is 0.180. The zero-order chi connectivity index (χ0) is 19.7. The summed E-state index contributed by atoms with van der Waals surface area (Å²) in [4.78, 5) is 15.1. The summed E-state index contributed by atoms with van der Waals surface area (Å²) >= 11 is 1.38. The van der Waals surface area contributed by atoms with Gasteiger partial charge in [-0.15, -0.1) is 11.3 Å². The highest BCUT2D eigenvalue weighted by Crippen LogP contribution is 2.31. The van der Waals surface area contributed by atoms with Gasteiger partial charge in [-0.2, -0.15) is 19.5 Å². The second kappa shape index (κ2) is 7.80. The molecule has 1 fully saturated rings. The average molecular weight is 403 g/mol. The summed E-state index contributed by atoms with van der Waals surface area (Å²) in [7, 11) is 1.66.